The van der Waals surface area contributed by atoms with Crippen LogP contribution in [-0.2, 0) is 0 Å². The fraction of sp³-hybridized carbons (Fsp3) is 0.200. The molecule has 2 N–H and O–H groups in total. The Bertz CT molecular complexity index is 497. The van der Waals surface area contributed by atoms with Gasteiger partial charge in [-0.1, -0.05) is 41.9 Å². The molecule has 0 saturated carbocycles. The highest BCUT2D eigenvalue weighted by atomic mass is 35.5. The zero-order valence-corrected chi connectivity index (χ0v) is 10.8. The largest absolute Gasteiger partial charge is 0.320 e. The molecule has 0 fully saturated rings. The number of nitrogens with two attached hydrogens (primary N) is 1. The maximum atomic E-state index is 6.32. The van der Waals surface area contributed by atoms with Crippen LogP contribution in [0.1, 0.15) is 28.3 Å². The van der Waals surface area contributed by atoms with Gasteiger partial charge in [-0.05, 0) is 48.2 Å². The zero-order chi connectivity index (χ0) is 12.4. The summed E-state index contributed by atoms with van der Waals surface area (Å²) in [6.45, 7) is 4.19. The third kappa shape index (κ3) is 2.51. The van der Waals surface area contributed by atoms with E-state index in [2.05, 4.69) is 32.0 Å². The van der Waals surface area contributed by atoms with E-state index in [1.165, 1.54) is 16.7 Å². The Kier molecular flexibility index (Phi) is 3.51. The molecule has 0 aliphatic heterocycles. The average molecular weight is 246 g/mol. The van der Waals surface area contributed by atoms with Crippen LogP contribution in [0.5, 0.6) is 0 Å². The fourth-order valence-electron chi connectivity index (χ4n) is 2.15. The Balaban J connectivity index is 2.43. The van der Waals surface area contributed by atoms with Gasteiger partial charge in [-0.25, -0.2) is 0 Å². The molecule has 1 unspecified atom stereocenters. The summed E-state index contributed by atoms with van der Waals surface area (Å²) >= 11 is 5.88. The summed E-state index contributed by atoms with van der Waals surface area (Å²) in [5.74, 6) is 0. The molecular formula is C15H16ClN. The summed E-state index contributed by atoms with van der Waals surface area (Å²) in [6, 6.07) is 13.9. The van der Waals surface area contributed by atoms with Gasteiger partial charge in [-0.15, -0.1) is 0 Å². The van der Waals surface area contributed by atoms with Gasteiger partial charge in [-0.3, -0.25) is 0 Å². The molecule has 0 aliphatic carbocycles. The smallest absolute Gasteiger partial charge is 0.0556 e. The normalized spacial score (nSPS) is 12.5. The van der Waals surface area contributed by atoms with Gasteiger partial charge in [-0.2, -0.15) is 0 Å². The van der Waals surface area contributed by atoms with Gasteiger partial charge in [0, 0.05) is 5.02 Å². The minimum Gasteiger partial charge on any atom is -0.320 e. The first-order chi connectivity index (χ1) is 8.09. The minimum atomic E-state index is -0.0894. The Hall–Kier alpha value is -1.31. The van der Waals surface area contributed by atoms with Crippen molar-refractivity contribution in [1.29, 1.82) is 0 Å². The fourth-order valence-corrected chi connectivity index (χ4v) is 2.28. The summed E-state index contributed by atoms with van der Waals surface area (Å²) in [4.78, 5) is 0. The van der Waals surface area contributed by atoms with E-state index in [1.54, 1.807) is 0 Å². The molecule has 1 atom stereocenters. The van der Waals surface area contributed by atoms with Crippen LogP contribution in [0.25, 0.3) is 0 Å². The highest BCUT2D eigenvalue weighted by Gasteiger charge is 2.13. The first kappa shape index (κ1) is 12.2. The summed E-state index contributed by atoms with van der Waals surface area (Å²) in [5.41, 5.74) is 11.1. The lowest BCUT2D eigenvalue weighted by Gasteiger charge is -2.18. The topological polar surface area (TPSA) is 26.0 Å². The lowest BCUT2D eigenvalue weighted by Crippen LogP contribution is -2.14. The summed E-state index contributed by atoms with van der Waals surface area (Å²) < 4.78 is 0. The molecule has 17 heavy (non-hydrogen) atoms. The second kappa shape index (κ2) is 4.91. The van der Waals surface area contributed by atoms with Crippen LogP contribution in [0.3, 0.4) is 0 Å². The molecule has 2 heteroatoms. The Morgan fingerprint density at radius 1 is 0.941 bits per heavy atom. The molecular weight excluding hydrogens is 230 g/mol. The minimum absolute atomic E-state index is 0.0894. The van der Waals surface area contributed by atoms with E-state index in [1.807, 2.05) is 24.3 Å². The van der Waals surface area contributed by atoms with E-state index in [9.17, 15) is 0 Å². The molecule has 0 aliphatic rings. The molecule has 2 aromatic rings. The van der Waals surface area contributed by atoms with Gasteiger partial charge in [0.2, 0.25) is 0 Å². The van der Waals surface area contributed by atoms with Crippen molar-refractivity contribution in [2.24, 2.45) is 5.73 Å². The number of rotatable bonds is 2. The molecule has 1 nitrogen and oxygen atoms in total. The molecule has 0 amide bonds. The lowest BCUT2D eigenvalue weighted by atomic mass is 9.92. The summed E-state index contributed by atoms with van der Waals surface area (Å²) in [7, 11) is 0. The predicted octanol–water partition coefficient (Wildman–Crippen LogP) is 4.00. The quantitative estimate of drug-likeness (QED) is 0.850. The van der Waals surface area contributed by atoms with Crippen molar-refractivity contribution < 1.29 is 0 Å². The van der Waals surface area contributed by atoms with Crippen LogP contribution in [0.2, 0.25) is 5.02 Å². The van der Waals surface area contributed by atoms with Crippen molar-refractivity contribution in [2.75, 3.05) is 0 Å². The van der Waals surface area contributed by atoms with E-state index in [4.69, 9.17) is 17.3 Å². The number of aryl methyl sites for hydroxylation is 2. The van der Waals surface area contributed by atoms with Crippen LogP contribution in [0.15, 0.2) is 42.5 Å². The predicted molar refractivity (Wildman–Crippen MR) is 73.4 cm³/mol. The summed E-state index contributed by atoms with van der Waals surface area (Å²) in [6.07, 6.45) is 0. The molecule has 0 saturated heterocycles. The zero-order valence-electron chi connectivity index (χ0n) is 10.1. The maximum Gasteiger partial charge on any atom is 0.0556 e. The molecule has 88 valence electrons. The number of hydrogen-bond acceptors (Lipinski definition) is 1. The molecule has 2 aromatic carbocycles. The monoisotopic (exact) mass is 245 g/mol. The number of benzene rings is 2. The van der Waals surface area contributed by atoms with Crippen molar-refractivity contribution in [1.82, 2.24) is 0 Å². The van der Waals surface area contributed by atoms with Crippen LogP contribution in [0.4, 0.5) is 0 Å². The Labute approximate surface area is 107 Å². The maximum absolute atomic E-state index is 6.32. The molecule has 0 heterocycles. The van der Waals surface area contributed by atoms with Crippen LogP contribution < -0.4 is 5.73 Å². The molecule has 0 radical (unpaired) electrons. The first-order valence-electron chi connectivity index (χ1n) is 5.67. The van der Waals surface area contributed by atoms with Crippen molar-refractivity contribution >= 4 is 11.6 Å². The summed E-state index contributed by atoms with van der Waals surface area (Å²) in [5, 5.41) is 0.738. The van der Waals surface area contributed by atoms with Crippen LogP contribution in [0, 0.1) is 13.8 Å². The van der Waals surface area contributed by atoms with E-state index in [0.717, 1.165) is 10.6 Å². The average Bonchev–Trinajstić information content (AvgIpc) is 2.29. The van der Waals surface area contributed by atoms with Crippen molar-refractivity contribution in [3.05, 3.63) is 69.7 Å². The van der Waals surface area contributed by atoms with E-state index < -0.39 is 0 Å². The van der Waals surface area contributed by atoms with Crippen LogP contribution >= 0.6 is 11.6 Å². The van der Waals surface area contributed by atoms with E-state index in [-0.39, 0.29) is 6.04 Å². The third-order valence-electron chi connectivity index (χ3n) is 3.08. The van der Waals surface area contributed by atoms with Gasteiger partial charge in [0.1, 0.15) is 0 Å². The van der Waals surface area contributed by atoms with Crippen LogP contribution in [-0.4, -0.2) is 0 Å². The second-order valence-corrected chi connectivity index (χ2v) is 4.77. The van der Waals surface area contributed by atoms with Gasteiger partial charge in [0.25, 0.3) is 0 Å². The molecule has 2 rings (SSSR count). The van der Waals surface area contributed by atoms with Crippen molar-refractivity contribution in [3.8, 4) is 0 Å². The number of hydrogen-bond donors (Lipinski definition) is 1. The highest BCUT2D eigenvalue weighted by Crippen LogP contribution is 2.26. The van der Waals surface area contributed by atoms with Crippen molar-refractivity contribution in [3.63, 3.8) is 0 Å². The standard InChI is InChI=1S/C15H16ClN/c1-10-4-3-5-11(2)14(10)15(17)12-6-8-13(16)9-7-12/h3-9,15H,17H2,1-2H3. The molecule has 0 spiro atoms. The molecule has 0 bridgehead atoms. The SMILES string of the molecule is Cc1cccc(C)c1C(N)c1ccc(Cl)cc1. The van der Waals surface area contributed by atoms with Gasteiger partial charge in [0.15, 0.2) is 0 Å². The lowest BCUT2D eigenvalue weighted by molar-refractivity contribution is 0.851. The highest BCUT2D eigenvalue weighted by molar-refractivity contribution is 6.30. The van der Waals surface area contributed by atoms with Gasteiger partial charge < -0.3 is 5.73 Å². The third-order valence-corrected chi connectivity index (χ3v) is 3.33. The van der Waals surface area contributed by atoms with Gasteiger partial charge >= 0.3 is 0 Å². The van der Waals surface area contributed by atoms with Gasteiger partial charge in [0.05, 0.1) is 6.04 Å². The second-order valence-electron chi connectivity index (χ2n) is 4.33. The Morgan fingerprint density at radius 2 is 1.47 bits per heavy atom. The van der Waals surface area contributed by atoms with E-state index in [0.29, 0.717) is 0 Å². The Morgan fingerprint density at radius 3 is 2.00 bits per heavy atom. The first-order valence-corrected chi connectivity index (χ1v) is 6.04. The molecule has 0 aromatic heterocycles. The van der Waals surface area contributed by atoms with Crippen molar-refractivity contribution in [2.45, 2.75) is 19.9 Å². The number of halogens is 1. The van der Waals surface area contributed by atoms with E-state index >= 15 is 0 Å².